The largest absolute Gasteiger partial charge is 0.363 e. The van der Waals surface area contributed by atoms with Gasteiger partial charge in [-0.2, -0.15) is 0 Å². The Hall–Kier alpha value is -4.20. The van der Waals surface area contributed by atoms with Gasteiger partial charge in [-0.1, -0.05) is 53.7 Å². The van der Waals surface area contributed by atoms with Crippen LogP contribution in [0.1, 0.15) is 21.6 Å². The van der Waals surface area contributed by atoms with Gasteiger partial charge in [0, 0.05) is 29.1 Å². The van der Waals surface area contributed by atoms with E-state index in [2.05, 4.69) is 15.5 Å². The van der Waals surface area contributed by atoms with Crippen LogP contribution >= 0.6 is 0 Å². The summed E-state index contributed by atoms with van der Waals surface area (Å²) < 4.78 is 5.36. The molecule has 0 aliphatic heterocycles. The van der Waals surface area contributed by atoms with Gasteiger partial charge in [0.15, 0.2) is 5.76 Å². The van der Waals surface area contributed by atoms with Crippen molar-refractivity contribution in [1.29, 1.82) is 0 Å². The van der Waals surface area contributed by atoms with E-state index in [9.17, 15) is 14.4 Å². The number of ketones is 1. The summed E-state index contributed by atoms with van der Waals surface area (Å²) in [5.74, 6) is -2.28. The maximum Gasteiger partial charge on any atom is 0.287 e. The number of primary amides is 1. The highest BCUT2D eigenvalue weighted by molar-refractivity contribution is 6.38. The quantitative estimate of drug-likeness (QED) is 0.399. The monoisotopic (exact) mass is 416 g/mol. The van der Waals surface area contributed by atoms with Crippen molar-refractivity contribution >= 4 is 28.5 Å². The Labute approximate surface area is 177 Å². The Morgan fingerprint density at radius 3 is 2.55 bits per heavy atom. The summed E-state index contributed by atoms with van der Waals surface area (Å²) in [7, 11) is 0. The van der Waals surface area contributed by atoms with Gasteiger partial charge in [0.2, 0.25) is 5.78 Å². The number of nitrogens with two attached hydrogens (primary N) is 1. The van der Waals surface area contributed by atoms with E-state index in [1.807, 2.05) is 42.5 Å². The number of carbonyl (C=O) groups is 3. The van der Waals surface area contributed by atoms with E-state index >= 15 is 0 Å². The van der Waals surface area contributed by atoms with E-state index in [4.69, 9.17) is 10.3 Å². The fourth-order valence-electron chi connectivity index (χ4n) is 3.56. The molecule has 4 N–H and O–H groups in total. The molecule has 8 heteroatoms. The predicted octanol–water partition coefficient (Wildman–Crippen LogP) is 2.53. The SMILES string of the molecule is Cc1noc(-c2ccccc2)c1C(=O)N[C@@H](Cc1c[nH]c2ccccc12)C(=O)C(N)=O. The Kier molecular flexibility index (Phi) is 5.36. The molecule has 0 radical (unpaired) electrons. The number of nitrogens with zero attached hydrogens (tertiary/aromatic N) is 1. The first-order valence-corrected chi connectivity index (χ1v) is 9.67. The number of H-pyrrole nitrogens is 1. The van der Waals surface area contributed by atoms with Crippen LogP contribution in [-0.4, -0.2) is 33.8 Å². The molecular formula is C23H20N4O4. The average Bonchev–Trinajstić information content (AvgIpc) is 3.37. The summed E-state index contributed by atoms with van der Waals surface area (Å²) >= 11 is 0. The fraction of sp³-hybridized carbons (Fsp3) is 0.130. The zero-order chi connectivity index (χ0) is 22.0. The van der Waals surface area contributed by atoms with Crippen LogP contribution < -0.4 is 11.1 Å². The fourth-order valence-corrected chi connectivity index (χ4v) is 3.56. The van der Waals surface area contributed by atoms with E-state index in [0.29, 0.717) is 11.3 Å². The molecule has 2 aromatic carbocycles. The first-order valence-electron chi connectivity index (χ1n) is 9.67. The van der Waals surface area contributed by atoms with E-state index in [-0.39, 0.29) is 17.7 Å². The number of rotatable bonds is 7. The molecule has 8 nitrogen and oxygen atoms in total. The summed E-state index contributed by atoms with van der Waals surface area (Å²) in [5.41, 5.74) is 8.15. The molecule has 0 aliphatic rings. The normalized spacial score (nSPS) is 11.9. The van der Waals surface area contributed by atoms with Crippen molar-refractivity contribution < 1.29 is 18.9 Å². The number of fused-ring (bicyclic) bond motifs is 1. The van der Waals surface area contributed by atoms with Gasteiger partial charge in [-0.3, -0.25) is 14.4 Å². The Morgan fingerprint density at radius 1 is 1.10 bits per heavy atom. The highest BCUT2D eigenvalue weighted by Crippen LogP contribution is 2.26. The summed E-state index contributed by atoms with van der Waals surface area (Å²) in [6.07, 6.45) is 1.85. The second-order valence-electron chi connectivity index (χ2n) is 7.16. The molecule has 2 heterocycles. The number of Topliss-reactive ketones (excluding diaryl/α,β-unsaturated/α-hetero) is 1. The minimum atomic E-state index is -1.14. The number of hydrogen-bond acceptors (Lipinski definition) is 5. The lowest BCUT2D eigenvalue weighted by Gasteiger charge is -2.16. The highest BCUT2D eigenvalue weighted by atomic mass is 16.5. The Balaban J connectivity index is 1.65. The van der Waals surface area contributed by atoms with Crippen LogP contribution in [0.5, 0.6) is 0 Å². The number of carbonyl (C=O) groups excluding carboxylic acids is 3. The van der Waals surface area contributed by atoms with Crippen molar-refractivity contribution in [1.82, 2.24) is 15.5 Å². The van der Waals surface area contributed by atoms with Crippen molar-refractivity contribution in [3.8, 4) is 11.3 Å². The standard InChI is InChI=1S/C23H20N4O4/c1-13-19(21(31-27-13)14-7-3-2-4-8-14)23(30)26-18(20(28)22(24)29)11-15-12-25-17-10-6-5-9-16(15)17/h2-10,12,18,25H,11H2,1H3,(H2,24,29)(H,26,30)/t18-/m0/s1. The Bertz CT molecular complexity index is 1270. The van der Waals surface area contributed by atoms with Crippen molar-refractivity contribution in [2.24, 2.45) is 5.73 Å². The first kappa shape index (κ1) is 20.1. The minimum absolute atomic E-state index is 0.0997. The number of nitrogens with one attached hydrogen (secondary N) is 2. The van der Waals surface area contributed by atoms with Crippen LogP contribution in [0, 0.1) is 6.92 Å². The topological polar surface area (TPSA) is 131 Å². The number of amides is 2. The smallest absolute Gasteiger partial charge is 0.287 e. The van der Waals surface area contributed by atoms with E-state index in [0.717, 1.165) is 16.5 Å². The summed E-state index contributed by atoms with van der Waals surface area (Å²) in [6.45, 7) is 1.63. The van der Waals surface area contributed by atoms with Gasteiger partial charge in [0.25, 0.3) is 11.8 Å². The third-order valence-corrected chi connectivity index (χ3v) is 5.09. The van der Waals surface area contributed by atoms with Crippen molar-refractivity contribution in [2.45, 2.75) is 19.4 Å². The molecule has 0 bridgehead atoms. The molecule has 0 aliphatic carbocycles. The number of aromatic nitrogens is 2. The third kappa shape index (κ3) is 3.95. The van der Waals surface area contributed by atoms with E-state index in [1.54, 1.807) is 25.3 Å². The predicted molar refractivity (Wildman–Crippen MR) is 114 cm³/mol. The van der Waals surface area contributed by atoms with Gasteiger partial charge in [-0.05, 0) is 18.6 Å². The van der Waals surface area contributed by atoms with Crippen LogP contribution in [0.4, 0.5) is 0 Å². The van der Waals surface area contributed by atoms with E-state index < -0.39 is 23.6 Å². The molecule has 0 spiro atoms. The maximum atomic E-state index is 13.1. The molecule has 0 unspecified atom stereocenters. The van der Waals surface area contributed by atoms with Gasteiger partial charge in [-0.25, -0.2) is 0 Å². The summed E-state index contributed by atoms with van der Waals surface area (Å²) in [4.78, 5) is 40.4. The summed E-state index contributed by atoms with van der Waals surface area (Å²) in [5, 5.41) is 7.45. The van der Waals surface area contributed by atoms with Crippen molar-refractivity contribution in [3.63, 3.8) is 0 Å². The average molecular weight is 416 g/mol. The van der Waals surface area contributed by atoms with Crippen LogP contribution in [-0.2, 0) is 16.0 Å². The lowest BCUT2D eigenvalue weighted by atomic mass is 10.00. The molecule has 2 aromatic heterocycles. The highest BCUT2D eigenvalue weighted by Gasteiger charge is 2.30. The molecule has 4 rings (SSSR count). The molecule has 0 saturated heterocycles. The van der Waals surface area contributed by atoms with Gasteiger partial charge >= 0.3 is 0 Å². The Morgan fingerprint density at radius 2 is 1.81 bits per heavy atom. The van der Waals surface area contributed by atoms with Crippen LogP contribution in [0.25, 0.3) is 22.2 Å². The van der Waals surface area contributed by atoms with Gasteiger partial charge in [0.1, 0.15) is 11.6 Å². The second kappa shape index (κ2) is 8.27. The number of benzene rings is 2. The summed E-state index contributed by atoms with van der Waals surface area (Å²) in [6, 6.07) is 15.4. The van der Waals surface area contributed by atoms with Gasteiger partial charge < -0.3 is 20.6 Å². The molecule has 2 amide bonds. The van der Waals surface area contributed by atoms with E-state index in [1.165, 1.54) is 0 Å². The van der Waals surface area contributed by atoms with Crippen molar-refractivity contribution in [2.75, 3.05) is 0 Å². The minimum Gasteiger partial charge on any atom is -0.363 e. The maximum absolute atomic E-state index is 13.1. The molecule has 156 valence electrons. The van der Waals surface area contributed by atoms with Crippen LogP contribution in [0.15, 0.2) is 65.3 Å². The molecule has 0 saturated carbocycles. The zero-order valence-corrected chi connectivity index (χ0v) is 16.7. The van der Waals surface area contributed by atoms with Gasteiger partial charge in [-0.15, -0.1) is 0 Å². The number of para-hydroxylation sites is 1. The third-order valence-electron chi connectivity index (χ3n) is 5.09. The molecule has 4 aromatic rings. The zero-order valence-electron chi connectivity index (χ0n) is 16.7. The van der Waals surface area contributed by atoms with Crippen LogP contribution in [0.2, 0.25) is 0 Å². The lowest BCUT2D eigenvalue weighted by Crippen LogP contribution is -2.47. The molecule has 0 fully saturated rings. The number of aromatic amines is 1. The van der Waals surface area contributed by atoms with Crippen molar-refractivity contribution in [3.05, 3.63) is 77.6 Å². The lowest BCUT2D eigenvalue weighted by molar-refractivity contribution is -0.137. The first-order chi connectivity index (χ1) is 15.0. The van der Waals surface area contributed by atoms with Gasteiger partial charge in [0.05, 0.1) is 5.69 Å². The molecular weight excluding hydrogens is 396 g/mol. The molecule has 1 atom stereocenters. The molecule has 31 heavy (non-hydrogen) atoms. The van der Waals surface area contributed by atoms with Crippen LogP contribution in [0.3, 0.4) is 0 Å². The number of aryl methyl sites for hydroxylation is 1. The second-order valence-corrected chi connectivity index (χ2v) is 7.16. The number of hydrogen-bond donors (Lipinski definition) is 3.